The molecule has 0 spiro atoms. The minimum absolute atomic E-state index is 0.137. The predicted octanol–water partition coefficient (Wildman–Crippen LogP) is 1.94. The fraction of sp³-hybridized carbons (Fsp3) is 0.0526. The quantitative estimate of drug-likeness (QED) is 0.718. The zero-order chi connectivity index (χ0) is 17.1. The van der Waals surface area contributed by atoms with Crippen molar-refractivity contribution in [2.75, 3.05) is 0 Å². The molecule has 24 heavy (non-hydrogen) atoms. The van der Waals surface area contributed by atoms with Crippen LogP contribution in [0, 0.1) is 6.92 Å². The Balaban J connectivity index is 2.02. The molecule has 0 saturated heterocycles. The maximum absolute atomic E-state index is 12.3. The summed E-state index contributed by atoms with van der Waals surface area (Å²) in [5, 5.41) is 9.48. The van der Waals surface area contributed by atoms with Crippen LogP contribution in [0.5, 0.6) is 5.75 Å². The zero-order valence-electron chi connectivity index (χ0n) is 12.9. The van der Waals surface area contributed by atoms with Gasteiger partial charge in [0.1, 0.15) is 5.75 Å². The molecule has 2 N–H and O–H groups in total. The molecule has 0 unspecified atom stereocenters. The summed E-state index contributed by atoms with van der Waals surface area (Å²) in [7, 11) is 0. The van der Waals surface area contributed by atoms with Crippen LogP contribution in [0.1, 0.15) is 21.5 Å². The topological polar surface area (TPSA) is 70.2 Å². The molecular weight excluding hydrogens is 322 g/mol. The number of hydrogen-bond donors (Lipinski definition) is 2. The van der Waals surface area contributed by atoms with Crippen LogP contribution in [0.15, 0.2) is 53.3 Å². The number of ketones is 1. The monoisotopic (exact) mass is 337 g/mol. The first-order valence-electron chi connectivity index (χ1n) is 7.34. The Kier molecular flexibility index (Phi) is 4.44. The van der Waals surface area contributed by atoms with E-state index in [1.165, 1.54) is 17.4 Å². The highest BCUT2D eigenvalue weighted by atomic mass is 32.1. The molecule has 0 atom stereocenters. The fourth-order valence-electron chi connectivity index (χ4n) is 2.34. The first-order chi connectivity index (χ1) is 11.5. The van der Waals surface area contributed by atoms with Gasteiger partial charge < -0.3 is 10.1 Å². The smallest absolute Gasteiger partial charge is 0.266 e. The lowest BCUT2D eigenvalue weighted by Gasteiger charge is -1.99. The third-order valence-electron chi connectivity index (χ3n) is 3.52. The average Bonchev–Trinajstić information content (AvgIpc) is 2.87. The lowest BCUT2D eigenvalue weighted by molar-refractivity contribution is 0.106. The van der Waals surface area contributed by atoms with Crippen LogP contribution >= 0.6 is 11.3 Å². The highest BCUT2D eigenvalue weighted by molar-refractivity contribution is 7.07. The van der Waals surface area contributed by atoms with Crippen LogP contribution in [0.3, 0.4) is 0 Å². The molecule has 0 aliphatic rings. The van der Waals surface area contributed by atoms with Crippen molar-refractivity contribution < 1.29 is 9.90 Å². The molecule has 2 aromatic carbocycles. The number of carbonyl (C=O) groups is 1. The number of phenolic OH excluding ortho intramolecular Hbond substituents is 1. The number of phenols is 1. The van der Waals surface area contributed by atoms with Crippen molar-refractivity contribution in [3.8, 4) is 5.75 Å². The van der Waals surface area contributed by atoms with E-state index in [2.05, 4.69) is 4.98 Å². The molecule has 0 fully saturated rings. The molecular formula is C19H15NO3S. The number of H-pyrrole nitrogens is 1. The molecule has 0 amide bonds. The molecule has 0 aliphatic heterocycles. The second-order valence-electron chi connectivity index (χ2n) is 5.35. The van der Waals surface area contributed by atoms with Crippen molar-refractivity contribution in [3.63, 3.8) is 0 Å². The number of rotatable bonds is 3. The van der Waals surface area contributed by atoms with E-state index in [-0.39, 0.29) is 17.1 Å². The summed E-state index contributed by atoms with van der Waals surface area (Å²) < 4.78 is 0.976. The molecule has 120 valence electrons. The van der Waals surface area contributed by atoms with Gasteiger partial charge in [-0.2, -0.15) is 0 Å². The minimum atomic E-state index is -0.257. The van der Waals surface area contributed by atoms with Gasteiger partial charge >= 0.3 is 0 Å². The van der Waals surface area contributed by atoms with Gasteiger partial charge in [-0.15, -0.1) is 11.3 Å². The Morgan fingerprint density at radius 2 is 1.96 bits per heavy atom. The van der Waals surface area contributed by atoms with Gasteiger partial charge in [-0.25, -0.2) is 0 Å². The summed E-state index contributed by atoms with van der Waals surface area (Å²) in [6.07, 6.45) is 3.12. The summed E-state index contributed by atoms with van der Waals surface area (Å²) in [4.78, 5) is 27.1. The third-order valence-corrected chi connectivity index (χ3v) is 4.48. The second-order valence-corrected chi connectivity index (χ2v) is 6.43. The first-order valence-corrected chi connectivity index (χ1v) is 8.16. The van der Waals surface area contributed by atoms with E-state index in [9.17, 15) is 14.7 Å². The Morgan fingerprint density at radius 1 is 1.17 bits per heavy atom. The summed E-state index contributed by atoms with van der Waals surface area (Å²) in [5.41, 5.74) is 1.97. The van der Waals surface area contributed by atoms with Crippen LogP contribution in [-0.4, -0.2) is 15.9 Å². The molecule has 0 saturated carbocycles. The van der Waals surface area contributed by atoms with E-state index >= 15 is 0 Å². The number of hydrogen-bond acceptors (Lipinski definition) is 4. The van der Waals surface area contributed by atoms with Crippen LogP contribution < -0.4 is 14.8 Å². The number of Topliss-reactive ketones (excluding diaryl/α,β-unsaturated/α-hetero) is 1. The summed E-state index contributed by atoms with van der Waals surface area (Å²) in [5.74, 6) is -0.00671. The lowest BCUT2D eigenvalue weighted by Crippen LogP contribution is -2.20. The number of aromatic amines is 1. The number of aromatic nitrogens is 1. The maximum Gasteiger partial charge on any atom is 0.266 e. The molecule has 0 radical (unpaired) electrons. The summed E-state index contributed by atoms with van der Waals surface area (Å²) in [6.45, 7) is 1.87. The first kappa shape index (κ1) is 16.0. The number of aryl methyl sites for hydroxylation is 1. The zero-order valence-corrected chi connectivity index (χ0v) is 13.8. The van der Waals surface area contributed by atoms with E-state index in [0.29, 0.717) is 14.8 Å². The van der Waals surface area contributed by atoms with E-state index < -0.39 is 0 Å². The van der Waals surface area contributed by atoms with Gasteiger partial charge in [0.05, 0.1) is 9.20 Å². The van der Waals surface area contributed by atoms with Crippen molar-refractivity contribution in [2.24, 2.45) is 0 Å². The Labute approximate surface area is 142 Å². The van der Waals surface area contributed by atoms with Crippen molar-refractivity contribution in [1.82, 2.24) is 4.98 Å². The standard InChI is InChI=1S/C19H15NO3S/c1-12-5-2-3-8-15(12)16(22)11-18-20-19(23)17(24-18)10-13-6-4-7-14(21)9-13/h2-11,21H,1H3,(H,20,23)/b17-10-,18-11-. The van der Waals surface area contributed by atoms with Crippen LogP contribution in [0.25, 0.3) is 12.2 Å². The SMILES string of the molecule is Cc1ccccc1C(=O)/C=c1/[nH]c(=O)/c(=C/c2cccc(O)c2)s1. The largest absolute Gasteiger partial charge is 0.508 e. The fourth-order valence-corrected chi connectivity index (χ4v) is 3.22. The van der Waals surface area contributed by atoms with Crippen LogP contribution in [-0.2, 0) is 0 Å². The van der Waals surface area contributed by atoms with Gasteiger partial charge in [-0.3, -0.25) is 9.59 Å². The van der Waals surface area contributed by atoms with Gasteiger partial charge in [-0.05, 0) is 36.3 Å². The van der Waals surface area contributed by atoms with Gasteiger partial charge in [0.25, 0.3) is 5.56 Å². The van der Waals surface area contributed by atoms with E-state index in [1.54, 1.807) is 36.4 Å². The molecule has 1 heterocycles. The molecule has 0 bridgehead atoms. The Morgan fingerprint density at radius 3 is 2.71 bits per heavy atom. The molecule has 0 aliphatic carbocycles. The molecule has 3 aromatic rings. The average molecular weight is 337 g/mol. The van der Waals surface area contributed by atoms with E-state index in [4.69, 9.17) is 0 Å². The number of aromatic hydroxyl groups is 1. The van der Waals surface area contributed by atoms with Crippen LogP contribution in [0.4, 0.5) is 0 Å². The lowest BCUT2D eigenvalue weighted by atomic mass is 10.1. The van der Waals surface area contributed by atoms with Crippen molar-refractivity contribution >= 4 is 29.3 Å². The third kappa shape index (κ3) is 3.52. The summed E-state index contributed by atoms with van der Waals surface area (Å²) >= 11 is 1.21. The van der Waals surface area contributed by atoms with E-state index in [1.807, 2.05) is 25.1 Å². The van der Waals surface area contributed by atoms with Crippen molar-refractivity contribution in [1.29, 1.82) is 0 Å². The van der Waals surface area contributed by atoms with Gasteiger partial charge in [0.15, 0.2) is 5.78 Å². The highest BCUT2D eigenvalue weighted by Crippen LogP contribution is 2.11. The number of nitrogens with one attached hydrogen (secondary N) is 1. The second kappa shape index (κ2) is 6.68. The highest BCUT2D eigenvalue weighted by Gasteiger charge is 2.05. The van der Waals surface area contributed by atoms with Gasteiger partial charge in [0.2, 0.25) is 0 Å². The number of thiazole rings is 1. The molecule has 1 aromatic heterocycles. The molecule has 3 rings (SSSR count). The maximum atomic E-state index is 12.3. The predicted molar refractivity (Wildman–Crippen MR) is 95.8 cm³/mol. The van der Waals surface area contributed by atoms with Crippen molar-refractivity contribution in [3.05, 3.63) is 84.8 Å². The van der Waals surface area contributed by atoms with Gasteiger partial charge in [-0.1, -0.05) is 36.4 Å². The van der Waals surface area contributed by atoms with E-state index in [0.717, 1.165) is 11.1 Å². The van der Waals surface area contributed by atoms with Gasteiger partial charge in [0, 0.05) is 11.6 Å². The Hall–Kier alpha value is -2.92. The van der Waals surface area contributed by atoms with Crippen LogP contribution in [0.2, 0.25) is 0 Å². The number of carbonyl (C=O) groups excluding carboxylic acids is 1. The number of benzene rings is 2. The summed E-state index contributed by atoms with van der Waals surface area (Å²) in [6, 6.07) is 14.0. The normalized spacial score (nSPS) is 12.5. The Bertz CT molecular complexity index is 1080. The molecule has 4 nitrogen and oxygen atoms in total. The minimum Gasteiger partial charge on any atom is -0.508 e. The van der Waals surface area contributed by atoms with Crippen molar-refractivity contribution in [2.45, 2.75) is 6.92 Å². The molecule has 5 heteroatoms.